The highest BCUT2D eigenvalue weighted by Crippen LogP contribution is 2.23. The summed E-state index contributed by atoms with van der Waals surface area (Å²) in [6, 6.07) is 10.3. The van der Waals surface area contributed by atoms with Crippen molar-refractivity contribution in [1.82, 2.24) is 5.32 Å². The van der Waals surface area contributed by atoms with Gasteiger partial charge in [-0.2, -0.15) is 0 Å². The van der Waals surface area contributed by atoms with Gasteiger partial charge in [-0.25, -0.2) is 4.39 Å². The van der Waals surface area contributed by atoms with Crippen LogP contribution in [0.5, 0.6) is 5.75 Å². The fourth-order valence-electron chi connectivity index (χ4n) is 1.63. The fraction of sp³-hybridized carbons (Fsp3) is 0.0714. The number of hydrogen-bond donors (Lipinski definition) is 3. The summed E-state index contributed by atoms with van der Waals surface area (Å²) >= 11 is 0. The van der Waals surface area contributed by atoms with Gasteiger partial charge < -0.3 is 16.2 Å². The van der Waals surface area contributed by atoms with E-state index < -0.39 is 5.91 Å². The van der Waals surface area contributed by atoms with Crippen LogP contribution >= 0.6 is 0 Å². The van der Waals surface area contributed by atoms with Gasteiger partial charge in [0.25, 0.3) is 5.91 Å². The number of carbonyl (C=O) groups is 1. The van der Waals surface area contributed by atoms with E-state index in [0.717, 1.165) is 5.56 Å². The SMILES string of the molecule is Nc1c(O)cccc1C(=O)NCc1ccc(F)cc1. The highest BCUT2D eigenvalue weighted by Gasteiger charge is 2.11. The zero-order chi connectivity index (χ0) is 13.8. The van der Waals surface area contributed by atoms with Crippen molar-refractivity contribution >= 4 is 11.6 Å². The number of carbonyl (C=O) groups excluding carboxylic acids is 1. The lowest BCUT2D eigenvalue weighted by atomic mass is 10.1. The van der Waals surface area contributed by atoms with Gasteiger partial charge in [0.05, 0.1) is 11.3 Å². The summed E-state index contributed by atoms with van der Waals surface area (Å²) in [5.41, 5.74) is 6.63. The monoisotopic (exact) mass is 260 g/mol. The Morgan fingerprint density at radius 2 is 1.89 bits per heavy atom. The average Bonchev–Trinajstić information content (AvgIpc) is 2.41. The number of para-hydroxylation sites is 1. The minimum Gasteiger partial charge on any atom is -0.506 e. The van der Waals surface area contributed by atoms with Gasteiger partial charge in [-0.3, -0.25) is 4.79 Å². The van der Waals surface area contributed by atoms with Crippen LogP contribution in [0.4, 0.5) is 10.1 Å². The van der Waals surface area contributed by atoms with Crippen LogP contribution in [0.25, 0.3) is 0 Å². The summed E-state index contributed by atoms with van der Waals surface area (Å²) in [6.45, 7) is 0.258. The molecule has 98 valence electrons. The first kappa shape index (κ1) is 12.9. The normalized spacial score (nSPS) is 10.2. The fourth-order valence-corrected chi connectivity index (χ4v) is 1.63. The zero-order valence-corrected chi connectivity index (χ0v) is 10.1. The number of rotatable bonds is 3. The van der Waals surface area contributed by atoms with Crippen LogP contribution in [-0.2, 0) is 6.54 Å². The Balaban J connectivity index is 2.05. The maximum absolute atomic E-state index is 12.7. The number of nitrogens with two attached hydrogens (primary N) is 1. The molecule has 0 saturated heterocycles. The molecule has 2 rings (SSSR count). The minimum absolute atomic E-state index is 0.0408. The Morgan fingerprint density at radius 3 is 2.58 bits per heavy atom. The number of hydrogen-bond acceptors (Lipinski definition) is 3. The summed E-state index contributed by atoms with van der Waals surface area (Å²) in [5, 5.41) is 12.1. The van der Waals surface area contributed by atoms with Crippen LogP contribution in [-0.4, -0.2) is 11.0 Å². The first-order valence-electron chi connectivity index (χ1n) is 5.68. The molecule has 0 heterocycles. The third-order valence-electron chi connectivity index (χ3n) is 2.69. The Labute approximate surface area is 109 Å². The molecule has 19 heavy (non-hydrogen) atoms. The molecule has 0 fully saturated rings. The van der Waals surface area contributed by atoms with E-state index >= 15 is 0 Å². The van der Waals surface area contributed by atoms with E-state index in [4.69, 9.17) is 5.73 Å². The Morgan fingerprint density at radius 1 is 1.21 bits per heavy atom. The summed E-state index contributed by atoms with van der Waals surface area (Å²) in [5.74, 6) is -0.848. The highest BCUT2D eigenvalue weighted by atomic mass is 19.1. The minimum atomic E-state index is -0.391. The van der Waals surface area contributed by atoms with E-state index in [2.05, 4.69) is 5.32 Å². The number of phenolic OH excluding ortho intramolecular Hbond substituents is 1. The molecule has 0 aliphatic heterocycles. The third kappa shape index (κ3) is 3.01. The van der Waals surface area contributed by atoms with Crippen molar-refractivity contribution in [3.63, 3.8) is 0 Å². The third-order valence-corrected chi connectivity index (χ3v) is 2.69. The topological polar surface area (TPSA) is 75.3 Å². The van der Waals surface area contributed by atoms with Gasteiger partial charge >= 0.3 is 0 Å². The van der Waals surface area contributed by atoms with Crippen molar-refractivity contribution in [3.05, 3.63) is 59.4 Å². The largest absolute Gasteiger partial charge is 0.506 e. The molecular weight excluding hydrogens is 247 g/mol. The van der Waals surface area contributed by atoms with E-state index in [1.54, 1.807) is 18.2 Å². The molecule has 4 nitrogen and oxygen atoms in total. The molecule has 1 amide bonds. The van der Waals surface area contributed by atoms with Crippen LogP contribution in [0.2, 0.25) is 0 Å². The summed E-state index contributed by atoms with van der Waals surface area (Å²) in [7, 11) is 0. The van der Waals surface area contributed by atoms with Gasteiger partial charge in [-0.05, 0) is 29.8 Å². The molecule has 0 spiro atoms. The van der Waals surface area contributed by atoms with Crippen LogP contribution in [0.1, 0.15) is 15.9 Å². The number of benzene rings is 2. The number of phenols is 1. The Kier molecular flexibility index (Phi) is 3.66. The molecule has 2 aromatic rings. The summed E-state index contributed by atoms with van der Waals surface area (Å²) in [4.78, 5) is 11.9. The lowest BCUT2D eigenvalue weighted by molar-refractivity contribution is 0.0951. The van der Waals surface area contributed by atoms with Crippen molar-refractivity contribution in [2.75, 3.05) is 5.73 Å². The van der Waals surface area contributed by atoms with E-state index in [1.165, 1.54) is 24.3 Å². The van der Waals surface area contributed by atoms with Gasteiger partial charge in [0.1, 0.15) is 11.6 Å². The standard InChI is InChI=1S/C14H13FN2O2/c15-10-6-4-9(5-7-10)8-17-14(19)11-2-1-3-12(18)13(11)16/h1-7,18H,8,16H2,(H,17,19). The molecule has 0 aliphatic carbocycles. The maximum atomic E-state index is 12.7. The molecule has 5 heteroatoms. The lowest BCUT2D eigenvalue weighted by Gasteiger charge is -2.08. The van der Waals surface area contributed by atoms with E-state index in [9.17, 15) is 14.3 Å². The molecule has 0 saturated carbocycles. The second kappa shape index (κ2) is 5.39. The molecule has 0 unspecified atom stereocenters. The van der Waals surface area contributed by atoms with Crippen LogP contribution < -0.4 is 11.1 Å². The Hall–Kier alpha value is -2.56. The smallest absolute Gasteiger partial charge is 0.253 e. The van der Waals surface area contributed by atoms with Crippen LogP contribution in [0, 0.1) is 5.82 Å². The molecule has 0 bridgehead atoms. The number of halogens is 1. The van der Waals surface area contributed by atoms with Gasteiger partial charge in [-0.1, -0.05) is 18.2 Å². The van der Waals surface area contributed by atoms with Crippen molar-refractivity contribution in [1.29, 1.82) is 0 Å². The highest BCUT2D eigenvalue weighted by molar-refractivity contribution is 6.00. The van der Waals surface area contributed by atoms with Gasteiger partial charge in [-0.15, -0.1) is 0 Å². The zero-order valence-electron chi connectivity index (χ0n) is 10.1. The van der Waals surface area contributed by atoms with Crippen molar-refractivity contribution in [2.45, 2.75) is 6.54 Å². The van der Waals surface area contributed by atoms with E-state index in [1.807, 2.05) is 0 Å². The molecule has 2 aromatic carbocycles. The first-order valence-corrected chi connectivity index (χ1v) is 5.68. The molecular formula is C14H13FN2O2. The van der Waals surface area contributed by atoms with Crippen molar-refractivity contribution < 1.29 is 14.3 Å². The van der Waals surface area contributed by atoms with E-state index in [-0.39, 0.29) is 29.4 Å². The second-order valence-electron chi connectivity index (χ2n) is 4.05. The van der Waals surface area contributed by atoms with Crippen LogP contribution in [0.15, 0.2) is 42.5 Å². The predicted octanol–water partition coefficient (Wildman–Crippen LogP) is 2.04. The first-order chi connectivity index (χ1) is 9.08. The molecule has 4 N–H and O–H groups in total. The second-order valence-corrected chi connectivity index (χ2v) is 4.05. The number of nitrogen functional groups attached to an aromatic ring is 1. The molecule has 0 radical (unpaired) electrons. The number of anilines is 1. The number of aromatic hydroxyl groups is 1. The van der Waals surface area contributed by atoms with Crippen LogP contribution in [0.3, 0.4) is 0 Å². The summed E-state index contributed by atoms with van der Waals surface area (Å²) < 4.78 is 12.7. The Bertz CT molecular complexity index is 597. The molecule has 0 aliphatic rings. The lowest BCUT2D eigenvalue weighted by Crippen LogP contribution is -2.23. The maximum Gasteiger partial charge on any atom is 0.253 e. The van der Waals surface area contributed by atoms with Gasteiger partial charge in [0, 0.05) is 6.54 Å². The quantitative estimate of drug-likeness (QED) is 0.584. The molecule has 0 aromatic heterocycles. The predicted molar refractivity (Wildman–Crippen MR) is 70.1 cm³/mol. The summed E-state index contributed by atoms with van der Waals surface area (Å²) in [6.07, 6.45) is 0. The van der Waals surface area contributed by atoms with Crippen molar-refractivity contribution in [2.24, 2.45) is 0 Å². The van der Waals surface area contributed by atoms with E-state index in [0.29, 0.717) is 0 Å². The average molecular weight is 260 g/mol. The van der Waals surface area contributed by atoms with Gasteiger partial charge in [0.15, 0.2) is 0 Å². The number of amides is 1. The van der Waals surface area contributed by atoms with Crippen molar-refractivity contribution in [3.8, 4) is 5.75 Å². The molecule has 0 atom stereocenters. The van der Waals surface area contributed by atoms with Gasteiger partial charge in [0.2, 0.25) is 0 Å². The number of nitrogens with one attached hydrogen (secondary N) is 1.